The number of halogens is 1. The summed E-state index contributed by atoms with van der Waals surface area (Å²) in [5.74, 6) is -0.143. The minimum absolute atomic E-state index is 0.143. The first-order valence-electron chi connectivity index (χ1n) is 10.3. The zero-order chi connectivity index (χ0) is 18.0. The van der Waals surface area contributed by atoms with E-state index in [4.69, 9.17) is 9.84 Å². The highest BCUT2D eigenvalue weighted by Crippen LogP contribution is 2.13. The summed E-state index contributed by atoms with van der Waals surface area (Å²) >= 11 is 0. The molecule has 2 nitrogen and oxygen atoms in total. The van der Waals surface area contributed by atoms with E-state index in [2.05, 4.69) is 0 Å². The molecule has 1 N–H and O–H groups in total. The predicted molar refractivity (Wildman–Crippen MR) is 103 cm³/mol. The van der Waals surface area contributed by atoms with Gasteiger partial charge in [0.2, 0.25) is 0 Å². The molecule has 1 aromatic rings. The molecule has 0 unspecified atom stereocenters. The van der Waals surface area contributed by atoms with Crippen molar-refractivity contribution in [1.82, 2.24) is 0 Å². The number of aliphatic hydroxyl groups is 1. The number of benzene rings is 1. The molecule has 0 aliphatic carbocycles. The van der Waals surface area contributed by atoms with Crippen LogP contribution in [0.1, 0.15) is 82.6 Å². The normalized spacial score (nSPS) is 11.1. The number of hydrogen-bond acceptors (Lipinski definition) is 2. The minimum Gasteiger partial charge on any atom is -0.396 e. The molecule has 0 aliphatic heterocycles. The molecule has 3 heteroatoms. The van der Waals surface area contributed by atoms with E-state index in [9.17, 15) is 4.39 Å². The Balaban J connectivity index is 1.74. The fourth-order valence-corrected chi connectivity index (χ4v) is 3.04. The van der Waals surface area contributed by atoms with Crippen LogP contribution in [0.3, 0.4) is 0 Å². The second-order valence-electron chi connectivity index (χ2n) is 6.96. The van der Waals surface area contributed by atoms with Crippen LogP contribution >= 0.6 is 0 Å². The Morgan fingerprint density at radius 2 is 1.12 bits per heavy atom. The monoisotopic (exact) mass is 352 g/mol. The largest absolute Gasteiger partial charge is 0.396 e. The SMILES string of the molecule is OCCCOCCCCCCCCCCCCCc1ccc(F)cc1. The molecular weight excluding hydrogens is 315 g/mol. The number of rotatable bonds is 17. The van der Waals surface area contributed by atoms with Gasteiger partial charge in [-0.3, -0.25) is 0 Å². The van der Waals surface area contributed by atoms with Crippen molar-refractivity contribution < 1.29 is 14.2 Å². The van der Waals surface area contributed by atoms with E-state index in [-0.39, 0.29) is 12.4 Å². The maximum atomic E-state index is 12.8. The Morgan fingerprint density at radius 1 is 0.640 bits per heavy atom. The van der Waals surface area contributed by atoms with Gasteiger partial charge < -0.3 is 9.84 Å². The lowest BCUT2D eigenvalue weighted by Gasteiger charge is -2.04. The second kappa shape index (κ2) is 16.5. The van der Waals surface area contributed by atoms with Crippen LogP contribution in [0, 0.1) is 5.82 Å². The zero-order valence-electron chi connectivity index (χ0n) is 15.9. The van der Waals surface area contributed by atoms with E-state index in [1.165, 1.54) is 69.8 Å². The van der Waals surface area contributed by atoms with Gasteiger partial charge in [-0.15, -0.1) is 0 Å². The molecule has 0 heterocycles. The third kappa shape index (κ3) is 14.0. The molecule has 0 radical (unpaired) electrons. The quantitative estimate of drug-likeness (QED) is 0.345. The average molecular weight is 353 g/mol. The van der Waals surface area contributed by atoms with Crippen LogP contribution in [0.5, 0.6) is 0 Å². The molecule has 144 valence electrons. The van der Waals surface area contributed by atoms with Gasteiger partial charge in [0.05, 0.1) is 0 Å². The molecule has 0 aliphatic rings. The zero-order valence-corrected chi connectivity index (χ0v) is 15.9. The Hall–Kier alpha value is -0.930. The van der Waals surface area contributed by atoms with Gasteiger partial charge in [0, 0.05) is 19.8 Å². The predicted octanol–water partition coefficient (Wildman–Crippen LogP) is 6.06. The third-order valence-corrected chi connectivity index (χ3v) is 4.61. The van der Waals surface area contributed by atoms with Crippen LogP contribution < -0.4 is 0 Å². The van der Waals surface area contributed by atoms with Crippen molar-refractivity contribution in [2.45, 2.75) is 83.5 Å². The van der Waals surface area contributed by atoms with Crippen LogP contribution in [-0.2, 0) is 11.2 Å². The summed E-state index contributed by atoms with van der Waals surface area (Å²) in [4.78, 5) is 0. The van der Waals surface area contributed by atoms with E-state index in [1.807, 2.05) is 12.1 Å². The molecule has 0 aromatic heterocycles. The second-order valence-corrected chi connectivity index (χ2v) is 6.96. The fraction of sp³-hybridized carbons (Fsp3) is 0.727. The highest BCUT2D eigenvalue weighted by molar-refractivity contribution is 5.15. The summed E-state index contributed by atoms with van der Waals surface area (Å²) in [5.41, 5.74) is 1.25. The molecule has 1 rings (SSSR count). The maximum absolute atomic E-state index is 12.8. The first-order chi connectivity index (χ1) is 12.3. The van der Waals surface area contributed by atoms with Gasteiger partial charge in [0.15, 0.2) is 0 Å². The van der Waals surface area contributed by atoms with Gasteiger partial charge in [0.1, 0.15) is 5.82 Å². The molecule has 0 atom stereocenters. The summed E-state index contributed by atoms with van der Waals surface area (Å²) in [6.45, 7) is 1.77. The van der Waals surface area contributed by atoms with Gasteiger partial charge in [-0.05, 0) is 43.4 Å². The standard InChI is InChI=1S/C22H37FO2/c23-22-16-14-21(15-17-22)13-10-8-6-4-2-1-3-5-7-9-11-19-25-20-12-18-24/h14-17,24H,1-13,18-20H2. The molecule has 0 saturated heterocycles. The van der Waals surface area contributed by atoms with Crippen molar-refractivity contribution in [2.24, 2.45) is 0 Å². The minimum atomic E-state index is -0.143. The van der Waals surface area contributed by atoms with Crippen molar-refractivity contribution in [3.8, 4) is 0 Å². The lowest BCUT2D eigenvalue weighted by molar-refractivity contribution is 0.112. The molecule has 0 fully saturated rings. The van der Waals surface area contributed by atoms with Crippen molar-refractivity contribution in [3.63, 3.8) is 0 Å². The fourth-order valence-electron chi connectivity index (χ4n) is 3.04. The van der Waals surface area contributed by atoms with Gasteiger partial charge >= 0.3 is 0 Å². The highest BCUT2D eigenvalue weighted by atomic mass is 19.1. The summed E-state index contributed by atoms with van der Waals surface area (Å²) in [6, 6.07) is 6.91. The van der Waals surface area contributed by atoms with Gasteiger partial charge in [-0.2, -0.15) is 0 Å². The first-order valence-corrected chi connectivity index (χ1v) is 10.3. The smallest absolute Gasteiger partial charge is 0.123 e. The van der Waals surface area contributed by atoms with Gasteiger partial charge in [-0.1, -0.05) is 69.9 Å². The van der Waals surface area contributed by atoms with Crippen molar-refractivity contribution in [3.05, 3.63) is 35.6 Å². The van der Waals surface area contributed by atoms with Gasteiger partial charge in [-0.25, -0.2) is 4.39 Å². The molecule has 0 spiro atoms. The number of aliphatic hydroxyl groups excluding tert-OH is 1. The van der Waals surface area contributed by atoms with E-state index in [0.717, 1.165) is 25.9 Å². The van der Waals surface area contributed by atoms with E-state index in [1.54, 1.807) is 12.1 Å². The Labute approximate surface area is 153 Å². The molecule has 0 bridgehead atoms. The van der Waals surface area contributed by atoms with Crippen LogP contribution in [0.15, 0.2) is 24.3 Å². The molecular formula is C22H37FO2. The number of unbranched alkanes of at least 4 members (excludes halogenated alkanes) is 10. The average Bonchev–Trinajstić information content (AvgIpc) is 2.63. The van der Waals surface area contributed by atoms with Crippen LogP contribution in [-0.4, -0.2) is 24.9 Å². The molecule has 1 aromatic carbocycles. The first kappa shape index (κ1) is 22.1. The molecule has 25 heavy (non-hydrogen) atoms. The number of hydrogen-bond donors (Lipinski definition) is 1. The lowest BCUT2D eigenvalue weighted by Crippen LogP contribution is -1.98. The summed E-state index contributed by atoms with van der Waals surface area (Å²) in [6.07, 6.45) is 16.2. The summed E-state index contributed by atoms with van der Waals surface area (Å²) in [5, 5.41) is 8.63. The maximum Gasteiger partial charge on any atom is 0.123 e. The Morgan fingerprint density at radius 3 is 1.68 bits per heavy atom. The number of ether oxygens (including phenoxy) is 1. The Bertz CT molecular complexity index is 392. The van der Waals surface area contributed by atoms with Crippen LogP contribution in [0.4, 0.5) is 4.39 Å². The van der Waals surface area contributed by atoms with Crippen molar-refractivity contribution in [2.75, 3.05) is 19.8 Å². The molecule has 0 saturated carbocycles. The number of aryl methyl sites for hydroxylation is 1. The van der Waals surface area contributed by atoms with E-state index < -0.39 is 0 Å². The highest BCUT2D eigenvalue weighted by Gasteiger charge is 1.96. The Kier molecular flexibility index (Phi) is 14.6. The third-order valence-electron chi connectivity index (χ3n) is 4.61. The summed E-state index contributed by atoms with van der Waals surface area (Å²) in [7, 11) is 0. The van der Waals surface area contributed by atoms with Crippen molar-refractivity contribution >= 4 is 0 Å². The van der Waals surface area contributed by atoms with Crippen LogP contribution in [0.2, 0.25) is 0 Å². The van der Waals surface area contributed by atoms with E-state index >= 15 is 0 Å². The summed E-state index contributed by atoms with van der Waals surface area (Å²) < 4.78 is 18.2. The van der Waals surface area contributed by atoms with E-state index in [0.29, 0.717) is 6.61 Å². The molecule has 0 amide bonds. The lowest BCUT2D eigenvalue weighted by atomic mass is 10.0. The topological polar surface area (TPSA) is 29.5 Å². The van der Waals surface area contributed by atoms with Crippen molar-refractivity contribution in [1.29, 1.82) is 0 Å². The van der Waals surface area contributed by atoms with Crippen LogP contribution in [0.25, 0.3) is 0 Å². The van der Waals surface area contributed by atoms with Gasteiger partial charge in [0.25, 0.3) is 0 Å².